The number of rotatable bonds is 9. The fourth-order valence-corrected chi connectivity index (χ4v) is 4.95. The summed E-state index contributed by atoms with van der Waals surface area (Å²) in [4.78, 5) is 36.8. The predicted molar refractivity (Wildman–Crippen MR) is 135 cm³/mol. The minimum atomic E-state index is -4.07. The quantitative estimate of drug-likeness (QED) is 0.225. The number of carbonyl (C=O) groups is 2. The molecule has 192 valence electrons. The molecule has 0 saturated carbocycles. The Labute approximate surface area is 212 Å². The second-order valence-electron chi connectivity index (χ2n) is 8.48. The van der Waals surface area contributed by atoms with E-state index in [1.54, 1.807) is 46.4 Å². The van der Waals surface area contributed by atoms with Crippen molar-refractivity contribution in [3.63, 3.8) is 0 Å². The van der Waals surface area contributed by atoms with Crippen molar-refractivity contribution < 1.29 is 22.2 Å². The lowest BCUT2D eigenvalue weighted by Gasteiger charge is -2.15. The Balaban J connectivity index is 1.17. The molecule has 3 N–H and O–H groups in total. The number of hydrogen-bond acceptors (Lipinski definition) is 7. The van der Waals surface area contributed by atoms with Crippen LogP contribution in [-0.2, 0) is 14.9 Å². The van der Waals surface area contributed by atoms with Crippen LogP contribution in [0.4, 0.5) is 10.7 Å². The van der Waals surface area contributed by atoms with Crippen LogP contribution in [0.3, 0.4) is 0 Å². The third-order valence-corrected chi connectivity index (χ3v) is 7.14. The molecule has 37 heavy (non-hydrogen) atoms. The van der Waals surface area contributed by atoms with Crippen LogP contribution >= 0.6 is 0 Å². The first-order valence-electron chi connectivity index (χ1n) is 11.7. The van der Waals surface area contributed by atoms with E-state index in [9.17, 15) is 18.0 Å². The van der Waals surface area contributed by atoms with Gasteiger partial charge in [-0.15, -0.1) is 0 Å². The van der Waals surface area contributed by atoms with Gasteiger partial charge in [0.05, 0.1) is 17.4 Å². The molecule has 3 amide bonds. The summed E-state index contributed by atoms with van der Waals surface area (Å²) in [6, 6.07) is 10.4. The molecule has 0 spiro atoms. The van der Waals surface area contributed by atoms with Crippen LogP contribution in [0.15, 0.2) is 66.1 Å². The minimum Gasteiger partial charge on any atom is -0.379 e. The van der Waals surface area contributed by atoms with Gasteiger partial charge in [0.2, 0.25) is 11.9 Å². The molecule has 1 aliphatic heterocycles. The number of hydrogen-bond donors (Lipinski definition) is 3. The maximum Gasteiger partial charge on any atom is 0.339 e. The topological polar surface area (TPSA) is 151 Å². The predicted octanol–water partition coefficient (Wildman–Crippen LogP) is 2.65. The van der Waals surface area contributed by atoms with E-state index in [0.29, 0.717) is 37.0 Å². The van der Waals surface area contributed by atoms with Crippen LogP contribution < -0.4 is 14.8 Å². The van der Waals surface area contributed by atoms with Crippen molar-refractivity contribution in [3.05, 3.63) is 61.2 Å². The van der Waals surface area contributed by atoms with Gasteiger partial charge in [-0.25, -0.2) is 14.8 Å². The summed E-state index contributed by atoms with van der Waals surface area (Å²) in [5.74, 6) is 0.453. The van der Waals surface area contributed by atoms with Gasteiger partial charge < -0.3 is 24.0 Å². The number of aromatic nitrogens is 4. The zero-order chi connectivity index (χ0) is 25.8. The molecule has 3 heterocycles. The van der Waals surface area contributed by atoms with Crippen LogP contribution in [0.5, 0.6) is 5.75 Å². The van der Waals surface area contributed by atoms with E-state index in [0.717, 1.165) is 18.7 Å². The molecule has 0 unspecified atom stereocenters. The Morgan fingerprint density at radius 1 is 1.16 bits per heavy atom. The standard InChI is InChI=1S/C24H25N7O5S/c32-22-3-1-12-30(22)13-2-10-26-24(33)29-23-27-20-9-6-18(15-21(20)28-23)36-37(34,35)19-7-4-17(5-8-19)31-14-11-25-16-31/h4-9,11,14-16H,1-3,10,12-13H2,(H3,26,27,28,29,33). The Hall–Kier alpha value is -4.39. The van der Waals surface area contributed by atoms with Gasteiger partial charge >= 0.3 is 16.1 Å². The second-order valence-corrected chi connectivity index (χ2v) is 10.0. The maximum absolute atomic E-state index is 12.8. The Kier molecular flexibility index (Phi) is 6.77. The second kappa shape index (κ2) is 10.3. The van der Waals surface area contributed by atoms with E-state index in [4.69, 9.17) is 4.18 Å². The molecule has 13 heteroatoms. The number of urea groups is 1. The monoisotopic (exact) mass is 523 g/mol. The SMILES string of the molecule is O=C(NCCCN1CCCC1=O)Nc1nc2cc(OS(=O)(=O)c3ccc(-n4ccnc4)cc3)ccc2[nH]1. The smallest absolute Gasteiger partial charge is 0.339 e. The summed E-state index contributed by atoms with van der Waals surface area (Å²) >= 11 is 0. The number of imidazole rings is 2. The molecule has 2 aromatic heterocycles. The number of carbonyl (C=O) groups excluding carboxylic acids is 2. The zero-order valence-electron chi connectivity index (χ0n) is 19.8. The lowest BCUT2D eigenvalue weighted by atomic mass is 10.3. The summed E-state index contributed by atoms with van der Waals surface area (Å²) in [7, 11) is -4.07. The van der Waals surface area contributed by atoms with Gasteiger partial charge in [-0.3, -0.25) is 10.1 Å². The Morgan fingerprint density at radius 2 is 2.00 bits per heavy atom. The Morgan fingerprint density at radius 3 is 2.73 bits per heavy atom. The number of amides is 3. The zero-order valence-corrected chi connectivity index (χ0v) is 20.6. The average Bonchev–Trinajstić information content (AvgIpc) is 3.63. The molecule has 0 bridgehead atoms. The van der Waals surface area contributed by atoms with Crippen LogP contribution in [0, 0.1) is 0 Å². The normalized spacial score (nSPS) is 13.7. The number of aromatic amines is 1. The van der Waals surface area contributed by atoms with Gasteiger partial charge in [-0.05, 0) is 49.2 Å². The summed E-state index contributed by atoms with van der Waals surface area (Å²) in [5, 5.41) is 5.35. The van der Waals surface area contributed by atoms with Crippen LogP contribution in [0.2, 0.25) is 0 Å². The highest BCUT2D eigenvalue weighted by molar-refractivity contribution is 7.87. The van der Waals surface area contributed by atoms with E-state index in [1.807, 2.05) is 0 Å². The maximum atomic E-state index is 12.8. The number of H-pyrrole nitrogens is 1. The van der Waals surface area contributed by atoms with Gasteiger partial charge in [-0.2, -0.15) is 8.42 Å². The highest BCUT2D eigenvalue weighted by Gasteiger charge is 2.20. The molecular weight excluding hydrogens is 498 g/mol. The molecule has 0 atom stereocenters. The summed E-state index contributed by atoms with van der Waals surface area (Å²) in [6.45, 7) is 1.80. The first-order valence-corrected chi connectivity index (χ1v) is 13.1. The van der Waals surface area contributed by atoms with E-state index in [-0.39, 0.29) is 22.5 Å². The van der Waals surface area contributed by atoms with E-state index >= 15 is 0 Å². The molecule has 1 saturated heterocycles. The van der Waals surface area contributed by atoms with Gasteiger partial charge in [-0.1, -0.05) is 0 Å². The number of likely N-dealkylation sites (tertiary alicyclic amines) is 1. The van der Waals surface area contributed by atoms with Crippen molar-refractivity contribution in [3.8, 4) is 11.4 Å². The average molecular weight is 524 g/mol. The molecular formula is C24H25N7O5S. The van der Waals surface area contributed by atoms with Crippen molar-refractivity contribution in [1.29, 1.82) is 0 Å². The van der Waals surface area contributed by atoms with Crippen LogP contribution in [0.25, 0.3) is 16.7 Å². The number of nitrogens with one attached hydrogen (secondary N) is 3. The van der Waals surface area contributed by atoms with E-state index in [2.05, 4.69) is 25.6 Å². The third kappa shape index (κ3) is 5.72. The van der Waals surface area contributed by atoms with Gasteiger partial charge in [0.1, 0.15) is 10.6 Å². The fourth-order valence-electron chi connectivity index (χ4n) is 4.03. The summed E-state index contributed by atoms with van der Waals surface area (Å²) in [6.07, 6.45) is 7.14. The van der Waals surface area contributed by atoms with Gasteiger partial charge in [0.15, 0.2) is 0 Å². The molecule has 4 aromatic rings. The number of fused-ring (bicyclic) bond motifs is 1. The summed E-state index contributed by atoms with van der Waals surface area (Å²) in [5.41, 5.74) is 1.78. The number of anilines is 1. The highest BCUT2D eigenvalue weighted by Crippen LogP contribution is 2.24. The molecule has 1 fully saturated rings. The molecule has 0 radical (unpaired) electrons. The fraction of sp³-hybridized carbons (Fsp3) is 0.250. The molecule has 2 aromatic carbocycles. The van der Waals surface area contributed by atoms with Crippen molar-refractivity contribution in [2.24, 2.45) is 0 Å². The van der Waals surface area contributed by atoms with Gasteiger partial charge in [0, 0.05) is 50.2 Å². The third-order valence-electron chi connectivity index (χ3n) is 5.88. The summed E-state index contributed by atoms with van der Waals surface area (Å²) < 4.78 is 32.6. The van der Waals surface area contributed by atoms with E-state index in [1.165, 1.54) is 24.3 Å². The minimum absolute atomic E-state index is 0.00612. The van der Waals surface area contributed by atoms with E-state index < -0.39 is 16.1 Å². The van der Waals surface area contributed by atoms with Crippen molar-refractivity contribution in [1.82, 2.24) is 29.7 Å². The van der Waals surface area contributed by atoms with Crippen molar-refractivity contribution in [2.45, 2.75) is 24.2 Å². The largest absolute Gasteiger partial charge is 0.379 e. The van der Waals surface area contributed by atoms with Crippen LogP contribution in [0.1, 0.15) is 19.3 Å². The molecule has 12 nitrogen and oxygen atoms in total. The first-order chi connectivity index (χ1) is 17.9. The first kappa shape index (κ1) is 24.3. The van der Waals surface area contributed by atoms with Crippen molar-refractivity contribution >= 4 is 39.0 Å². The van der Waals surface area contributed by atoms with Crippen molar-refractivity contribution in [2.75, 3.05) is 25.0 Å². The number of nitrogens with zero attached hydrogens (tertiary/aromatic N) is 4. The van der Waals surface area contributed by atoms with Gasteiger partial charge in [0.25, 0.3) is 0 Å². The molecule has 5 rings (SSSR count). The highest BCUT2D eigenvalue weighted by atomic mass is 32.2. The Bertz CT molecular complexity index is 1510. The lowest BCUT2D eigenvalue weighted by Crippen LogP contribution is -2.33. The molecule has 0 aliphatic carbocycles. The van der Waals surface area contributed by atoms with Crippen LogP contribution in [-0.4, -0.2) is 64.4 Å². The molecule has 1 aliphatic rings. The number of benzene rings is 2. The lowest BCUT2D eigenvalue weighted by molar-refractivity contribution is -0.127.